The van der Waals surface area contributed by atoms with Crippen molar-refractivity contribution in [3.05, 3.63) is 111 Å². The summed E-state index contributed by atoms with van der Waals surface area (Å²) < 4.78 is 36.5. The van der Waals surface area contributed by atoms with Crippen molar-refractivity contribution in [1.82, 2.24) is 4.31 Å². The SMILES string of the molecule is COC1=C2C(C3C(C)C(c4ccc(Cl)cc4)C1C3(O)O)[C@H](C)[C@@H](c1ccc(Cl)cc1)N2S(=O)(=O)c1ccccc1. The largest absolute Gasteiger partial charge is 0.499 e. The minimum atomic E-state index is -4.07. The maximum atomic E-state index is 14.5. The van der Waals surface area contributed by atoms with Gasteiger partial charge in [0.25, 0.3) is 10.0 Å². The van der Waals surface area contributed by atoms with Crippen LogP contribution < -0.4 is 0 Å². The quantitative estimate of drug-likeness (QED) is 0.340. The number of aliphatic hydroxyl groups is 2. The number of hydrogen-bond acceptors (Lipinski definition) is 5. The average molecular weight is 601 g/mol. The summed E-state index contributed by atoms with van der Waals surface area (Å²) in [7, 11) is -2.59. The molecule has 1 heterocycles. The van der Waals surface area contributed by atoms with E-state index in [2.05, 4.69) is 0 Å². The number of nitrogens with zero attached hydrogens (tertiary/aromatic N) is 1. The van der Waals surface area contributed by atoms with E-state index in [9.17, 15) is 18.6 Å². The summed E-state index contributed by atoms with van der Waals surface area (Å²) in [6, 6.07) is 22.3. The molecule has 1 saturated heterocycles. The summed E-state index contributed by atoms with van der Waals surface area (Å²) in [6.07, 6.45) is 0. The highest BCUT2D eigenvalue weighted by molar-refractivity contribution is 7.89. The van der Waals surface area contributed by atoms with Gasteiger partial charge in [-0.2, -0.15) is 0 Å². The van der Waals surface area contributed by atoms with Crippen molar-refractivity contribution in [1.29, 1.82) is 0 Å². The van der Waals surface area contributed by atoms with E-state index in [4.69, 9.17) is 27.9 Å². The number of allylic oxidation sites excluding steroid dienone is 1. The number of fused-ring (bicyclic) bond motifs is 4. The molecule has 0 spiro atoms. The van der Waals surface area contributed by atoms with Gasteiger partial charge in [-0.25, -0.2) is 8.42 Å². The van der Waals surface area contributed by atoms with E-state index >= 15 is 0 Å². The number of halogens is 2. The molecule has 3 aliphatic rings. The Morgan fingerprint density at radius 2 is 1.35 bits per heavy atom. The lowest BCUT2D eigenvalue weighted by Gasteiger charge is -2.42. The Balaban J connectivity index is 1.62. The van der Waals surface area contributed by atoms with E-state index in [1.807, 2.05) is 38.1 Å². The van der Waals surface area contributed by atoms with Crippen LogP contribution >= 0.6 is 23.2 Å². The minimum Gasteiger partial charge on any atom is -0.499 e. The lowest BCUT2D eigenvalue weighted by Crippen LogP contribution is -2.50. The summed E-state index contributed by atoms with van der Waals surface area (Å²) in [6.45, 7) is 4.00. The zero-order valence-electron chi connectivity index (χ0n) is 22.3. The number of benzene rings is 3. The van der Waals surface area contributed by atoms with Crippen molar-refractivity contribution in [3.63, 3.8) is 0 Å². The molecule has 2 N–H and O–H groups in total. The highest BCUT2D eigenvalue weighted by Gasteiger charge is 2.70. The molecule has 9 heteroatoms. The summed E-state index contributed by atoms with van der Waals surface area (Å²) in [4.78, 5) is 0.157. The van der Waals surface area contributed by atoms with Crippen LogP contribution in [0.4, 0.5) is 0 Å². The Hall–Kier alpha value is -2.55. The van der Waals surface area contributed by atoms with E-state index < -0.39 is 39.6 Å². The van der Waals surface area contributed by atoms with Gasteiger partial charge in [-0.15, -0.1) is 0 Å². The second-order valence-corrected chi connectivity index (χ2v) is 13.9. The molecule has 7 atom stereocenters. The van der Waals surface area contributed by atoms with Crippen molar-refractivity contribution in [2.24, 2.45) is 29.6 Å². The molecular formula is C31H31Cl2NO5S. The monoisotopic (exact) mass is 599 g/mol. The standard InChI is InChI=1S/C31H31Cl2NO5S/c1-17-24(19-9-13-21(32)14-10-19)27-30(39-3)29-25(26(17)31(27,35)36)18(2)28(20-11-15-22(33)16-12-20)34(29)40(37,38)23-7-5-4-6-8-23/h4-18,24-28,35-36H,1-3H3/t17?,18-,24?,25?,26?,27?,28-/m0/s1. The molecule has 40 heavy (non-hydrogen) atoms. The predicted octanol–water partition coefficient (Wildman–Crippen LogP) is 6.21. The fourth-order valence-corrected chi connectivity index (χ4v) is 9.78. The molecule has 6 nitrogen and oxygen atoms in total. The third-order valence-corrected chi connectivity index (χ3v) is 11.5. The van der Waals surface area contributed by atoms with Gasteiger partial charge in [0.2, 0.25) is 0 Å². The molecule has 5 unspecified atom stereocenters. The maximum absolute atomic E-state index is 14.5. The van der Waals surface area contributed by atoms with Crippen molar-refractivity contribution in [2.45, 2.75) is 36.5 Å². The van der Waals surface area contributed by atoms with Crippen molar-refractivity contribution < 1.29 is 23.4 Å². The first-order valence-corrected chi connectivity index (χ1v) is 15.5. The first-order valence-electron chi connectivity index (χ1n) is 13.3. The molecule has 6 rings (SSSR count). The van der Waals surface area contributed by atoms with Gasteiger partial charge in [-0.1, -0.05) is 79.5 Å². The van der Waals surface area contributed by atoms with Gasteiger partial charge in [-0.3, -0.25) is 4.31 Å². The van der Waals surface area contributed by atoms with Gasteiger partial charge >= 0.3 is 0 Å². The molecule has 1 aliphatic heterocycles. The summed E-state index contributed by atoms with van der Waals surface area (Å²) >= 11 is 12.4. The van der Waals surface area contributed by atoms with E-state index in [0.717, 1.165) is 11.1 Å². The van der Waals surface area contributed by atoms with Crippen LogP contribution in [0.2, 0.25) is 10.0 Å². The molecule has 2 aliphatic carbocycles. The van der Waals surface area contributed by atoms with Crippen molar-refractivity contribution in [3.8, 4) is 0 Å². The molecule has 2 bridgehead atoms. The Labute approximate surface area is 244 Å². The highest BCUT2D eigenvalue weighted by Crippen LogP contribution is 2.68. The Kier molecular flexibility index (Phi) is 6.75. The van der Waals surface area contributed by atoms with E-state index in [-0.39, 0.29) is 22.6 Å². The number of sulfonamides is 1. The average Bonchev–Trinajstić information content (AvgIpc) is 3.28. The molecule has 3 aromatic rings. The second kappa shape index (κ2) is 9.78. The third kappa shape index (κ3) is 3.93. The molecule has 210 valence electrons. The van der Waals surface area contributed by atoms with E-state index in [1.54, 1.807) is 54.6 Å². The van der Waals surface area contributed by atoms with Gasteiger partial charge in [-0.05, 0) is 59.4 Å². The molecule has 2 fully saturated rings. The number of methoxy groups -OCH3 is 1. The van der Waals surface area contributed by atoms with E-state index in [0.29, 0.717) is 21.5 Å². The van der Waals surface area contributed by atoms with Crippen molar-refractivity contribution in [2.75, 3.05) is 7.11 Å². The van der Waals surface area contributed by atoms with Crippen LogP contribution in [0.25, 0.3) is 0 Å². The highest BCUT2D eigenvalue weighted by atomic mass is 35.5. The molecule has 0 amide bonds. The van der Waals surface area contributed by atoms with Gasteiger partial charge in [0.1, 0.15) is 5.76 Å². The zero-order valence-corrected chi connectivity index (χ0v) is 24.6. The molecular weight excluding hydrogens is 569 g/mol. The number of ether oxygens (including phenoxy) is 1. The van der Waals surface area contributed by atoms with Crippen LogP contribution in [0.15, 0.2) is 95.2 Å². The Morgan fingerprint density at radius 3 is 1.90 bits per heavy atom. The second-order valence-electron chi connectivity index (χ2n) is 11.2. The van der Waals surface area contributed by atoms with Gasteiger partial charge in [0.05, 0.1) is 29.7 Å². The lowest BCUT2D eigenvalue weighted by molar-refractivity contribution is -0.233. The van der Waals surface area contributed by atoms with Crippen LogP contribution in [-0.4, -0.2) is 35.8 Å². The maximum Gasteiger partial charge on any atom is 0.264 e. The summed E-state index contributed by atoms with van der Waals surface area (Å²) in [5.74, 6) is -4.70. The lowest BCUT2D eigenvalue weighted by atomic mass is 9.70. The van der Waals surface area contributed by atoms with Crippen LogP contribution in [0.3, 0.4) is 0 Å². The fraction of sp³-hybridized carbons (Fsp3) is 0.355. The zero-order chi connectivity index (χ0) is 28.6. The fourth-order valence-electron chi connectivity index (χ4n) is 7.71. The van der Waals surface area contributed by atoms with Gasteiger partial charge in [0, 0.05) is 27.8 Å². The smallest absolute Gasteiger partial charge is 0.264 e. The first-order chi connectivity index (χ1) is 19.0. The summed E-state index contributed by atoms with van der Waals surface area (Å²) in [5, 5.41) is 24.8. The van der Waals surface area contributed by atoms with Crippen LogP contribution in [0, 0.1) is 29.6 Å². The van der Waals surface area contributed by atoms with Crippen molar-refractivity contribution >= 4 is 33.2 Å². The Bertz CT molecular complexity index is 1560. The molecule has 0 aromatic heterocycles. The van der Waals surface area contributed by atoms with Gasteiger partial charge < -0.3 is 14.9 Å². The third-order valence-electron chi connectivity index (χ3n) is 9.22. The predicted molar refractivity (Wildman–Crippen MR) is 154 cm³/mol. The first kappa shape index (κ1) is 27.6. The minimum absolute atomic E-state index is 0.157. The van der Waals surface area contributed by atoms with Crippen LogP contribution in [-0.2, 0) is 14.8 Å². The normalized spacial score (nSPS) is 30.9. The van der Waals surface area contributed by atoms with Crippen LogP contribution in [0.1, 0.15) is 36.9 Å². The number of rotatable bonds is 5. The molecule has 3 aromatic carbocycles. The Morgan fingerprint density at radius 1 is 0.800 bits per heavy atom. The topological polar surface area (TPSA) is 87.1 Å². The molecule has 0 radical (unpaired) electrons. The van der Waals surface area contributed by atoms with Crippen LogP contribution in [0.5, 0.6) is 0 Å². The summed E-state index contributed by atoms with van der Waals surface area (Å²) in [5.41, 5.74) is 2.16. The molecule has 1 saturated carbocycles. The number of hydrogen-bond donors (Lipinski definition) is 2. The van der Waals surface area contributed by atoms with E-state index in [1.165, 1.54) is 11.4 Å². The van der Waals surface area contributed by atoms with Gasteiger partial charge in [0.15, 0.2) is 5.79 Å².